The highest BCUT2D eigenvalue weighted by Crippen LogP contribution is 2.32. The van der Waals surface area contributed by atoms with Crippen molar-refractivity contribution >= 4 is 43.9 Å². The van der Waals surface area contributed by atoms with Crippen LogP contribution in [-0.2, 0) is 4.79 Å². The zero-order valence-corrected chi connectivity index (χ0v) is 20.5. The van der Waals surface area contributed by atoms with Crippen molar-refractivity contribution < 1.29 is 4.79 Å². The number of nitrogens with zero attached hydrogens (tertiary/aromatic N) is 3. The van der Waals surface area contributed by atoms with Crippen LogP contribution in [0, 0.1) is 13.8 Å². The van der Waals surface area contributed by atoms with Crippen LogP contribution in [0.2, 0.25) is 0 Å². The summed E-state index contributed by atoms with van der Waals surface area (Å²) in [5.74, 6) is -0.319. The number of aromatic nitrogens is 3. The highest BCUT2D eigenvalue weighted by Gasteiger charge is 2.21. The molecule has 3 aromatic heterocycles. The van der Waals surface area contributed by atoms with Crippen LogP contribution in [0.4, 0.5) is 5.13 Å². The summed E-state index contributed by atoms with van der Waals surface area (Å²) in [6.07, 6.45) is 1.45. The number of thiophene rings is 1. The molecule has 6 nitrogen and oxygen atoms in total. The van der Waals surface area contributed by atoms with Gasteiger partial charge in [0.15, 0.2) is 5.13 Å². The topological polar surface area (TPSA) is 76.9 Å². The number of anilines is 1. The van der Waals surface area contributed by atoms with Crippen LogP contribution in [0.1, 0.15) is 24.1 Å². The molecule has 170 valence electrons. The molecule has 2 aromatic carbocycles. The van der Waals surface area contributed by atoms with Gasteiger partial charge >= 0.3 is 0 Å². The lowest BCUT2D eigenvalue weighted by atomic mass is 10.0. The summed E-state index contributed by atoms with van der Waals surface area (Å²) in [6, 6.07) is 15.2. The molecular weight excluding hydrogens is 464 g/mol. The number of carbonyl (C=O) groups is 1. The Morgan fingerprint density at radius 1 is 1.00 bits per heavy atom. The molecule has 5 rings (SSSR count). The number of hydrogen-bond donors (Lipinski definition) is 1. The number of thiazole rings is 1. The third-order valence-electron chi connectivity index (χ3n) is 5.94. The molecule has 0 aliphatic rings. The van der Waals surface area contributed by atoms with E-state index in [-0.39, 0.29) is 11.5 Å². The molecule has 1 amide bonds. The van der Waals surface area contributed by atoms with E-state index in [1.54, 1.807) is 6.92 Å². The summed E-state index contributed by atoms with van der Waals surface area (Å²) in [5.41, 5.74) is 5.72. The number of carbonyl (C=O) groups excluding carboxylic acids is 1. The first-order chi connectivity index (χ1) is 16.4. The maximum Gasteiger partial charge on any atom is 0.263 e. The molecule has 0 radical (unpaired) electrons. The van der Waals surface area contributed by atoms with Crippen LogP contribution in [-0.4, -0.2) is 20.4 Å². The van der Waals surface area contributed by atoms with E-state index in [1.165, 1.54) is 39.1 Å². The lowest BCUT2D eigenvalue weighted by Crippen LogP contribution is -2.31. The maximum atomic E-state index is 13.5. The van der Waals surface area contributed by atoms with Gasteiger partial charge in [-0.3, -0.25) is 14.2 Å². The molecule has 0 spiro atoms. The first kappa shape index (κ1) is 22.2. The van der Waals surface area contributed by atoms with Gasteiger partial charge in [0.2, 0.25) is 5.91 Å². The minimum Gasteiger partial charge on any atom is -0.300 e. The number of hydrogen-bond acceptors (Lipinski definition) is 6. The Hall–Kier alpha value is -3.62. The Morgan fingerprint density at radius 2 is 1.79 bits per heavy atom. The second-order valence-corrected chi connectivity index (χ2v) is 9.87. The van der Waals surface area contributed by atoms with E-state index in [0.717, 1.165) is 27.9 Å². The third-order valence-corrected chi connectivity index (χ3v) is 7.58. The van der Waals surface area contributed by atoms with Crippen LogP contribution in [0.3, 0.4) is 0 Å². The fourth-order valence-electron chi connectivity index (χ4n) is 3.75. The second kappa shape index (κ2) is 8.96. The summed E-state index contributed by atoms with van der Waals surface area (Å²) in [5, 5.41) is 7.73. The van der Waals surface area contributed by atoms with Crippen molar-refractivity contribution in [2.75, 3.05) is 5.32 Å². The van der Waals surface area contributed by atoms with E-state index in [0.29, 0.717) is 15.3 Å². The molecule has 34 heavy (non-hydrogen) atoms. The van der Waals surface area contributed by atoms with Crippen molar-refractivity contribution in [2.24, 2.45) is 0 Å². The Balaban J connectivity index is 1.44. The summed E-state index contributed by atoms with van der Waals surface area (Å²) >= 11 is 2.78. The molecule has 0 aliphatic heterocycles. The number of nitrogens with one attached hydrogen (secondary N) is 1. The summed E-state index contributed by atoms with van der Waals surface area (Å²) in [7, 11) is 0. The van der Waals surface area contributed by atoms with Crippen LogP contribution in [0.5, 0.6) is 0 Å². The van der Waals surface area contributed by atoms with Gasteiger partial charge in [-0.05, 0) is 37.5 Å². The summed E-state index contributed by atoms with van der Waals surface area (Å²) < 4.78 is 1.39. The van der Waals surface area contributed by atoms with Crippen molar-refractivity contribution in [3.05, 3.63) is 87.1 Å². The molecule has 0 aliphatic carbocycles. The van der Waals surface area contributed by atoms with E-state index < -0.39 is 6.04 Å². The van der Waals surface area contributed by atoms with Gasteiger partial charge in [-0.2, -0.15) is 0 Å². The number of rotatable bonds is 5. The summed E-state index contributed by atoms with van der Waals surface area (Å²) in [6.45, 7) is 5.81. The molecule has 1 N–H and O–H groups in total. The van der Waals surface area contributed by atoms with Crippen LogP contribution < -0.4 is 10.9 Å². The number of benzene rings is 2. The maximum absolute atomic E-state index is 13.5. The van der Waals surface area contributed by atoms with Crippen LogP contribution in [0.25, 0.3) is 32.6 Å². The molecule has 3 heterocycles. The fourth-order valence-corrected chi connectivity index (χ4v) is 5.38. The van der Waals surface area contributed by atoms with Crippen LogP contribution >= 0.6 is 22.7 Å². The smallest absolute Gasteiger partial charge is 0.263 e. The number of aryl methyl sites for hydroxylation is 2. The molecule has 0 bridgehead atoms. The van der Waals surface area contributed by atoms with Gasteiger partial charge in [0, 0.05) is 21.9 Å². The van der Waals surface area contributed by atoms with Crippen molar-refractivity contribution in [1.29, 1.82) is 0 Å². The average molecular weight is 487 g/mol. The normalized spacial score (nSPS) is 12.1. The van der Waals surface area contributed by atoms with E-state index in [1.807, 2.05) is 47.2 Å². The van der Waals surface area contributed by atoms with Crippen molar-refractivity contribution in [2.45, 2.75) is 26.8 Å². The zero-order chi connectivity index (χ0) is 23.8. The molecule has 1 unspecified atom stereocenters. The number of amides is 1. The van der Waals surface area contributed by atoms with Gasteiger partial charge < -0.3 is 5.32 Å². The Kier molecular flexibility index (Phi) is 5.85. The minimum atomic E-state index is -0.749. The quantitative estimate of drug-likeness (QED) is 0.327. The molecule has 0 saturated heterocycles. The average Bonchev–Trinajstić information content (AvgIpc) is 3.49. The van der Waals surface area contributed by atoms with Gasteiger partial charge in [0.25, 0.3) is 5.56 Å². The SMILES string of the molecule is Cc1ccc(-c2csc3ncn(C(C)C(=O)Nc4nc(-c5ccccc5)cs4)c(=O)c23)cc1C. The zero-order valence-electron chi connectivity index (χ0n) is 18.9. The molecule has 5 aromatic rings. The third kappa shape index (κ3) is 4.06. The lowest BCUT2D eigenvalue weighted by Gasteiger charge is -2.14. The summed E-state index contributed by atoms with van der Waals surface area (Å²) in [4.78, 5) is 36.1. The fraction of sp³-hybridized carbons (Fsp3) is 0.154. The van der Waals surface area contributed by atoms with Gasteiger partial charge in [-0.25, -0.2) is 9.97 Å². The van der Waals surface area contributed by atoms with Crippen molar-refractivity contribution in [3.8, 4) is 22.4 Å². The molecular formula is C26H22N4O2S2. The first-order valence-corrected chi connectivity index (χ1v) is 12.6. The van der Waals surface area contributed by atoms with Gasteiger partial charge in [-0.1, -0.05) is 48.5 Å². The first-order valence-electron chi connectivity index (χ1n) is 10.8. The monoisotopic (exact) mass is 486 g/mol. The standard InChI is InChI=1S/C26H22N4O2S2/c1-15-9-10-19(11-16(15)2)20-12-33-24-22(20)25(32)30(14-27-24)17(3)23(31)29-26-28-21(13-34-26)18-7-5-4-6-8-18/h4-14,17H,1-3H3,(H,28,29,31). The predicted octanol–water partition coefficient (Wildman–Crippen LogP) is 6.07. The van der Waals surface area contributed by atoms with Crippen LogP contribution in [0.15, 0.2) is 70.4 Å². The highest BCUT2D eigenvalue weighted by molar-refractivity contribution is 7.17. The predicted molar refractivity (Wildman–Crippen MR) is 140 cm³/mol. The number of fused-ring (bicyclic) bond motifs is 1. The van der Waals surface area contributed by atoms with E-state index in [9.17, 15) is 9.59 Å². The van der Waals surface area contributed by atoms with E-state index in [4.69, 9.17) is 0 Å². The molecule has 0 fully saturated rings. The molecule has 8 heteroatoms. The van der Waals surface area contributed by atoms with E-state index >= 15 is 0 Å². The van der Waals surface area contributed by atoms with Crippen molar-refractivity contribution in [1.82, 2.24) is 14.5 Å². The Bertz CT molecular complexity index is 1570. The van der Waals surface area contributed by atoms with E-state index in [2.05, 4.69) is 41.3 Å². The lowest BCUT2D eigenvalue weighted by molar-refractivity contribution is -0.118. The minimum absolute atomic E-state index is 0.230. The van der Waals surface area contributed by atoms with Gasteiger partial charge in [-0.15, -0.1) is 22.7 Å². The Labute approximate surface area is 204 Å². The largest absolute Gasteiger partial charge is 0.300 e. The second-order valence-electron chi connectivity index (χ2n) is 8.15. The molecule has 0 saturated carbocycles. The van der Waals surface area contributed by atoms with Gasteiger partial charge in [0.1, 0.15) is 10.9 Å². The molecule has 1 atom stereocenters. The van der Waals surface area contributed by atoms with Gasteiger partial charge in [0.05, 0.1) is 17.4 Å². The van der Waals surface area contributed by atoms with Crippen molar-refractivity contribution in [3.63, 3.8) is 0 Å². The highest BCUT2D eigenvalue weighted by atomic mass is 32.1. The Morgan fingerprint density at radius 3 is 2.56 bits per heavy atom.